The Hall–Kier alpha value is 1.08. The molecule has 2 aliphatic rings. The van der Waals surface area contributed by atoms with E-state index in [2.05, 4.69) is 0 Å². The smallest absolute Gasteiger partial charge is 0.154 e. The molecule has 2 fully saturated rings. The van der Waals surface area contributed by atoms with E-state index in [1.54, 1.807) is 0 Å². The zero-order chi connectivity index (χ0) is 12.0. The van der Waals surface area contributed by atoms with Gasteiger partial charge in [-0.2, -0.15) is 0 Å². The van der Waals surface area contributed by atoms with Crippen LogP contribution in [-0.2, 0) is 9.47 Å². The van der Waals surface area contributed by atoms with E-state index < -0.39 is 8.67 Å². The van der Waals surface area contributed by atoms with Crippen LogP contribution in [0.15, 0.2) is 0 Å². The molecule has 0 radical (unpaired) electrons. The van der Waals surface area contributed by atoms with Gasteiger partial charge in [0.25, 0.3) is 0 Å². The molecular formula is C10H14Cl4O2. The Kier molecular flexibility index (Phi) is 3.92. The summed E-state index contributed by atoms with van der Waals surface area (Å²) in [6.07, 6.45) is 1.31. The van der Waals surface area contributed by atoms with Gasteiger partial charge in [-0.3, -0.25) is 0 Å². The van der Waals surface area contributed by atoms with Crippen LogP contribution in [0.3, 0.4) is 0 Å². The predicted octanol–water partition coefficient (Wildman–Crippen LogP) is 3.75. The minimum atomic E-state index is -0.586. The van der Waals surface area contributed by atoms with Crippen molar-refractivity contribution >= 4 is 46.4 Å². The van der Waals surface area contributed by atoms with Gasteiger partial charge in [-0.15, -0.1) is 46.4 Å². The lowest BCUT2D eigenvalue weighted by atomic mass is 10.4. The van der Waals surface area contributed by atoms with Gasteiger partial charge in [0, 0.05) is 11.8 Å². The lowest BCUT2D eigenvalue weighted by Gasteiger charge is -2.14. The Labute approximate surface area is 115 Å². The fourth-order valence-corrected chi connectivity index (χ4v) is 2.45. The number of alkyl halides is 4. The summed E-state index contributed by atoms with van der Waals surface area (Å²) in [7, 11) is 0. The normalized spacial score (nSPS) is 35.8. The highest BCUT2D eigenvalue weighted by atomic mass is 35.5. The Morgan fingerprint density at radius 3 is 1.56 bits per heavy atom. The van der Waals surface area contributed by atoms with E-state index in [1.165, 1.54) is 0 Å². The molecule has 0 spiro atoms. The minimum absolute atomic E-state index is 0.225. The van der Waals surface area contributed by atoms with E-state index in [9.17, 15) is 0 Å². The second kappa shape index (κ2) is 4.64. The highest BCUT2D eigenvalue weighted by Crippen LogP contribution is 2.54. The topological polar surface area (TPSA) is 18.5 Å². The van der Waals surface area contributed by atoms with Gasteiger partial charge < -0.3 is 9.47 Å². The van der Waals surface area contributed by atoms with E-state index in [4.69, 9.17) is 55.9 Å². The third kappa shape index (κ3) is 3.54. The van der Waals surface area contributed by atoms with Crippen molar-refractivity contribution < 1.29 is 9.47 Å². The summed E-state index contributed by atoms with van der Waals surface area (Å²) >= 11 is 23.5. The van der Waals surface area contributed by atoms with Gasteiger partial charge in [-0.05, 0) is 19.8 Å². The first-order valence-corrected chi connectivity index (χ1v) is 6.81. The summed E-state index contributed by atoms with van der Waals surface area (Å²) < 4.78 is 9.77. The largest absolute Gasteiger partial charge is 0.353 e. The molecule has 6 heteroatoms. The van der Waals surface area contributed by atoms with Crippen LogP contribution in [0.4, 0.5) is 0 Å². The van der Waals surface area contributed by atoms with Crippen LogP contribution < -0.4 is 0 Å². The van der Waals surface area contributed by atoms with Gasteiger partial charge in [-0.1, -0.05) is 0 Å². The fraction of sp³-hybridized carbons (Fsp3) is 1.00. The van der Waals surface area contributed by atoms with E-state index in [-0.39, 0.29) is 18.1 Å². The van der Waals surface area contributed by atoms with E-state index in [0.29, 0.717) is 13.2 Å². The molecule has 16 heavy (non-hydrogen) atoms. The van der Waals surface area contributed by atoms with E-state index >= 15 is 0 Å². The maximum absolute atomic E-state index is 5.88. The van der Waals surface area contributed by atoms with Crippen molar-refractivity contribution in [2.75, 3.05) is 13.2 Å². The molecule has 0 saturated heterocycles. The van der Waals surface area contributed by atoms with Crippen LogP contribution in [0.1, 0.15) is 19.8 Å². The van der Waals surface area contributed by atoms with Crippen LogP contribution >= 0.6 is 46.4 Å². The standard InChI is InChI=1S/C10H14Cl4O2/c1-6(15-4-7-2-9(7,11)12)16-5-8-3-10(8,13)14/h6-8H,2-5H2,1H3. The molecule has 2 rings (SSSR count). The number of hydrogen-bond acceptors (Lipinski definition) is 2. The van der Waals surface area contributed by atoms with Gasteiger partial charge in [-0.25, -0.2) is 0 Å². The second-order valence-electron chi connectivity index (χ2n) is 4.56. The molecule has 2 atom stereocenters. The van der Waals surface area contributed by atoms with Crippen molar-refractivity contribution in [3.05, 3.63) is 0 Å². The van der Waals surface area contributed by atoms with Crippen molar-refractivity contribution in [1.29, 1.82) is 0 Å². The fourth-order valence-electron chi connectivity index (χ4n) is 1.45. The van der Waals surface area contributed by atoms with Crippen molar-refractivity contribution in [2.45, 2.75) is 34.7 Å². The first kappa shape index (κ1) is 13.5. The molecule has 2 unspecified atom stereocenters. The summed E-state index contributed by atoms with van der Waals surface area (Å²) in [5, 5.41) is 0. The first-order chi connectivity index (χ1) is 7.31. The van der Waals surface area contributed by atoms with Crippen LogP contribution in [0.2, 0.25) is 0 Å². The second-order valence-corrected chi connectivity index (χ2v) is 7.64. The lowest BCUT2D eigenvalue weighted by molar-refractivity contribution is -0.136. The molecule has 0 N–H and O–H groups in total. The molecule has 2 nitrogen and oxygen atoms in total. The molecule has 0 aromatic heterocycles. The SMILES string of the molecule is CC(OCC1CC1(Cl)Cl)OCC1CC1(Cl)Cl. The molecular weight excluding hydrogens is 294 g/mol. The Bertz CT molecular complexity index is 244. The quantitative estimate of drug-likeness (QED) is 0.549. The van der Waals surface area contributed by atoms with Crippen LogP contribution in [0, 0.1) is 11.8 Å². The minimum Gasteiger partial charge on any atom is -0.353 e. The van der Waals surface area contributed by atoms with Crippen LogP contribution in [0.5, 0.6) is 0 Å². The number of rotatable bonds is 6. The number of ether oxygens (including phenoxy) is 2. The monoisotopic (exact) mass is 306 g/mol. The Morgan fingerprint density at radius 2 is 1.31 bits per heavy atom. The van der Waals surface area contributed by atoms with Gasteiger partial charge >= 0.3 is 0 Å². The third-order valence-electron chi connectivity index (χ3n) is 2.98. The van der Waals surface area contributed by atoms with Crippen LogP contribution in [-0.4, -0.2) is 28.2 Å². The summed E-state index contributed by atoms with van der Waals surface area (Å²) in [5.41, 5.74) is 0. The predicted molar refractivity (Wildman–Crippen MR) is 66.5 cm³/mol. The van der Waals surface area contributed by atoms with Gasteiger partial charge in [0.05, 0.1) is 13.2 Å². The molecule has 0 aromatic carbocycles. The maximum Gasteiger partial charge on any atom is 0.154 e. The molecule has 2 saturated carbocycles. The summed E-state index contributed by atoms with van der Waals surface area (Å²) in [4.78, 5) is 0. The van der Waals surface area contributed by atoms with Gasteiger partial charge in [0.1, 0.15) is 8.67 Å². The summed E-state index contributed by atoms with van der Waals surface area (Å²) in [6.45, 7) is 2.91. The number of halogens is 4. The molecule has 0 heterocycles. The molecule has 94 valence electrons. The third-order valence-corrected chi connectivity index (χ3v) is 4.83. The lowest BCUT2D eigenvalue weighted by Crippen LogP contribution is -2.17. The van der Waals surface area contributed by atoms with Crippen LogP contribution in [0.25, 0.3) is 0 Å². The highest BCUT2D eigenvalue weighted by molar-refractivity contribution is 6.51. The number of hydrogen-bond donors (Lipinski definition) is 0. The maximum atomic E-state index is 5.88. The molecule has 0 bridgehead atoms. The Balaban J connectivity index is 1.54. The van der Waals surface area contributed by atoms with Crippen molar-refractivity contribution in [3.8, 4) is 0 Å². The molecule has 0 aromatic rings. The van der Waals surface area contributed by atoms with Crippen molar-refractivity contribution in [1.82, 2.24) is 0 Å². The average molecular weight is 308 g/mol. The zero-order valence-electron chi connectivity index (χ0n) is 8.89. The highest BCUT2D eigenvalue weighted by Gasteiger charge is 2.52. The molecule has 0 amide bonds. The van der Waals surface area contributed by atoms with Crippen molar-refractivity contribution in [3.63, 3.8) is 0 Å². The van der Waals surface area contributed by atoms with E-state index in [0.717, 1.165) is 12.8 Å². The Morgan fingerprint density at radius 1 is 1.00 bits per heavy atom. The zero-order valence-corrected chi connectivity index (χ0v) is 11.9. The summed E-state index contributed by atoms with van der Waals surface area (Å²) in [5.74, 6) is 0.450. The van der Waals surface area contributed by atoms with Gasteiger partial charge in [0.15, 0.2) is 6.29 Å². The molecule has 0 aliphatic heterocycles. The first-order valence-electron chi connectivity index (χ1n) is 5.30. The van der Waals surface area contributed by atoms with Crippen molar-refractivity contribution in [2.24, 2.45) is 11.8 Å². The average Bonchev–Trinajstić information content (AvgIpc) is 2.96. The summed E-state index contributed by atoms with van der Waals surface area (Å²) in [6, 6.07) is 0. The van der Waals surface area contributed by atoms with Gasteiger partial charge in [0.2, 0.25) is 0 Å². The van der Waals surface area contributed by atoms with E-state index in [1.807, 2.05) is 6.92 Å². The molecule has 2 aliphatic carbocycles.